The lowest BCUT2D eigenvalue weighted by Gasteiger charge is -2.41. The molecule has 11 atom stereocenters. The highest BCUT2D eigenvalue weighted by Crippen LogP contribution is 2.53. The number of aliphatic hydroxyl groups excluding tert-OH is 2. The zero-order chi connectivity index (χ0) is 28.6. The molecule has 1 saturated heterocycles. The molecule has 9 nitrogen and oxygen atoms in total. The molecule has 39 heavy (non-hydrogen) atoms. The van der Waals surface area contributed by atoms with Crippen molar-refractivity contribution in [3.63, 3.8) is 0 Å². The summed E-state index contributed by atoms with van der Waals surface area (Å²) in [5.74, 6) is -1.94. The third-order valence-corrected chi connectivity index (χ3v) is 8.94. The molecule has 1 aromatic heterocycles. The van der Waals surface area contributed by atoms with Crippen LogP contribution in [0.2, 0.25) is 0 Å². The molecular formula is C30H43NO8. The summed E-state index contributed by atoms with van der Waals surface area (Å²) < 4.78 is 26.1. The highest BCUT2D eigenvalue weighted by molar-refractivity contribution is 5.87. The van der Waals surface area contributed by atoms with Gasteiger partial charge in [0.05, 0.1) is 17.8 Å². The van der Waals surface area contributed by atoms with Crippen LogP contribution in [-0.2, 0) is 30.8 Å². The molecule has 1 fully saturated rings. The molecule has 216 valence electrons. The number of fused-ring (bicyclic) bond motifs is 1. The van der Waals surface area contributed by atoms with Gasteiger partial charge in [-0.05, 0) is 51.3 Å². The first kappa shape index (κ1) is 29.5. The third kappa shape index (κ3) is 5.59. The van der Waals surface area contributed by atoms with E-state index in [1.807, 2.05) is 26.8 Å². The first-order chi connectivity index (χ1) is 18.4. The van der Waals surface area contributed by atoms with Crippen LogP contribution in [-0.4, -0.2) is 76.1 Å². The fourth-order valence-corrected chi connectivity index (χ4v) is 6.43. The average molecular weight is 546 g/mol. The second-order valence-corrected chi connectivity index (χ2v) is 11.6. The molecule has 3 heterocycles. The van der Waals surface area contributed by atoms with E-state index in [-0.39, 0.29) is 17.8 Å². The molecule has 0 aromatic carbocycles. The zero-order valence-electron chi connectivity index (χ0n) is 23.9. The van der Waals surface area contributed by atoms with E-state index < -0.39 is 60.1 Å². The monoisotopic (exact) mass is 545 g/mol. The standard InChI is InChI=1S/C30H43NO8/c1-16-13-17(2)30-15-21(10-11-22(30)14-24(36-7)29(35)37-25(16)20(5)33)27(39-30)26(18(3)19(4)32)38-28(34)23-9-8-12-31(23)6/h8-13,16,18-22,24-27,32-33H,14-15H2,1-7H3/b17-13+/t16-,18-,19+,20-,21-,22-,24+,25+,26-,27-,30+/m1/s1. The van der Waals surface area contributed by atoms with Gasteiger partial charge in [-0.15, -0.1) is 0 Å². The Kier molecular flexibility index (Phi) is 8.76. The number of hydrogen-bond acceptors (Lipinski definition) is 8. The van der Waals surface area contributed by atoms with E-state index in [2.05, 4.69) is 12.2 Å². The Morgan fingerprint density at radius 1 is 1.21 bits per heavy atom. The minimum atomic E-state index is -0.873. The van der Waals surface area contributed by atoms with Crippen LogP contribution in [0.4, 0.5) is 0 Å². The summed E-state index contributed by atoms with van der Waals surface area (Å²) in [6.07, 6.45) is 4.51. The number of cyclic esters (lactones) is 1. The van der Waals surface area contributed by atoms with Gasteiger partial charge < -0.3 is 33.7 Å². The number of aromatic nitrogens is 1. The Balaban J connectivity index is 1.73. The number of hydrogen-bond donors (Lipinski definition) is 2. The summed E-state index contributed by atoms with van der Waals surface area (Å²) in [5, 5.41) is 21.0. The van der Waals surface area contributed by atoms with Gasteiger partial charge in [-0.3, -0.25) is 0 Å². The van der Waals surface area contributed by atoms with Crippen molar-refractivity contribution in [3.8, 4) is 0 Å². The molecule has 0 saturated carbocycles. The summed E-state index contributed by atoms with van der Waals surface area (Å²) >= 11 is 0. The van der Waals surface area contributed by atoms with Crippen molar-refractivity contribution in [1.82, 2.24) is 4.57 Å². The van der Waals surface area contributed by atoms with Gasteiger partial charge in [0, 0.05) is 44.0 Å². The van der Waals surface area contributed by atoms with Crippen LogP contribution < -0.4 is 0 Å². The van der Waals surface area contributed by atoms with Crippen LogP contribution in [0.5, 0.6) is 0 Å². The number of aliphatic hydroxyl groups is 2. The highest BCUT2D eigenvalue weighted by Gasteiger charge is 2.57. The van der Waals surface area contributed by atoms with Gasteiger partial charge in [0.25, 0.3) is 0 Å². The van der Waals surface area contributed by atoms with Gasteiger partial charge in [0.15, 0.2) is 6.10 Å². The Hall–Kier alpha value is -2.46. The Labute approximate surface area is 230 Å². The molecule has 2 aliphatic heterocycles. The predicted octanol–water partition coefficient (Wildman–Crippen LogP) is 3.19. The van der Waals surface area contributed by atoms with Gasteiger partial charge in [-0.2, -0.15) is 0 Å². The number of aryl methyl sites for hydroxylation is 1. The maximum absolute atomic E-state index is 13.2. The molecule has 3 aliphatic rings. The Morgan fingerprint density at radius 3 is 2.51 bits per heavy atom. The quantitative estimate of drug-likeness (QED) is 0.397. The number of ether oxygens (including phenoxy) is 4. The molecule has 0 radical (unpaired) electrons. The number of carbonyl (C=O) groups is 2. The van der Waals surface area contributed by atoms with E-state index in [0.717, 1.165) is 5.57 Å². The van der Waals surface area contributed by atoms with Crippen molar-refractivity contribution in [2.75, 3.05) is 7.11 Å². The number of methoxy groups -OCH3 is 1. The summed E-state index contributed by atoms with van der Waals surface area (Å²) in [4.78, 5) is 26.3. The maximum Gasteiger partial charge on any atom is 0.355 e. The molecule has 4 rings (SSSR count). The maximum atomic E-state index is 13.2. The number of esters is 2. The first-order valence-electron chi connectivity index (χ1n) is 13.9. The molecule has 1 aromatic rings. The zero-order valence-corrected chi connectivity index (χ0v) is 23.9. The van der Waals surface area contributed by atoms with Gasteiger partial charge >= 0.3 is 11.9 Å². The minimum absolute atomic E-state index is 0.0734. The fourth-order valence-electron chi connectivity index (χ4n) is 6.43. The molecule has 1 spiro atoms. The van der Waals surface area contributed by atoms with E-state index in [1.54, 1.807) is 43.8 Å². The third-order valence-electron chi connectivity index (χ3n) is 8.94. The van der Waals surface area contributed by atoms with Gasteiger partial charge in [-0.25, -0.2) is 9.59 Å². The largest absolute Gasteiger partial charge is 0.457 e. The van der Waals surface area contributed by atoms with Gasteiger partial charge in [0.1, 0.15) is 24.0 Å². The second-order valence-electron chi connectivity index (χ2n) is 11.6. The summed E-state index contributed by atoms with van der Waals surface area (Å²) in [5.41, 5.74) is 0.608. The number of rotatable bonds is 7. The van der Waals surface area contributed by atoms with Crippen LogP contribution in [0.1, 0.15) is 57.9 Å². The lowest BCUT2D eigenvalue weighted by atomic mass is 9.69. The normalized spacial score (nSPS) is 37.1. The summed E-state index contributed by atoms with van der Waals surface area (Å²) in [6.45, 7) is 9.08. The van der Waals surface area contributed by atoms with Crippen LogP contribution in [0, 0.1) is 23.7 Å². The van der Waals surface area contributed by atoms with Crippen LogP contribution >= 0.6 is 0 Å². The van der Waals surface area contributed by atoms with Crippen molar-refractivity contribution in [1.29, 1.82) is 0 Å². The van der Waals surface area contributed by atoms with Crippen LogP contribution in [0.25, 0.3) is 0 Å². The van der Waals surface area contributed by atoms with Crippen molar-refractivity contribution in [3.05, 3.63) is 47.8 Å². The minimum Gasteiger partial charge on any atom is -0.457 e. The fraction of sp³-hybridized carbons (Fsp3) is 0.667. The van der Waals surface area contributed by atoms with Crippen molar-refractivity contribution < 1.29 is 38.7 Å². The van der Waals surface area contributed by atoms with Gasteiger partial charge in [0.2, 0.25) is 0 Å². The molecule has 9 heteroatoms. The Morgan fingerprint density at radius 2 is 1.92 bits per heavy atom. The molecule has 0 amide bonds. The van der Waals surface area contributed by atoms with Crippen molar-refractivity contribution in [2.24, 2.45) is 30.7 Å². The Bertz CT molecular complexity index is 1110. The van der Waals surface area contributed by atoms with Crippen molar-refractivity contribution >= 4 is 11.9 Å². The molecular weight excluding hydrogens is 502 g/mol. The van der Waals surface area contributed by atoms with E-state index in [1.165, 1.54) is 7.11 Å². The van der Waals surface area contributed by atoms with E-state index in [0.29, 0.717) is 18.5 Å². The molecule has 0 unspecified atom stereocenters. The second kappa shape index (κ2) is 11.6. The summed E-state index contributed by atoms with van der Waals surface area (Å²) in [6, 6.07) is 3.48. The SMILES string of the molecule is CO[C@H]1C[C@H]2C=C[C@@H]3C[C@]2(O[C@H]3[C@H](OC(=O)c2cccn2C)[C@H](C)[C@H](C)O)/C(C)=C/[C@@H](C)[C@@H]([C@@H](C)O)OC1=O. The molecule has 1 aliphatic carbocycles. The summed E-state index contributed by atoms with van der Waals surface area (Å²) in [7, 11) is 3.26. The van der Waals surface area contributed by atoms with Gasteiger partial charge in [-0.1, -0.05) is 32.1 Å². The topological polar surface area (TPSA) is 116 Å². The van der Waals surface area contributed by atoms with Crippen LogP contribution in [0.15, 0.2) is 42.1 Å². The lowest BCUT2D eigenvalue weighted by Crippen LogP contribution is -2.47. The van der Waals surface area contributed by atoms with E-state index in [9.17, 15) is 19.8 Å². The smallest absolute Gasteiger partial charge is 0.355 e. The lowest BCUT2D eigenvalue weighted by molar-refractivity contribution is -0.172. The highest BCUT2D eigenvalue weighted by atomic mass is 16.6. The molecule has 2 N–H and O–H groups in total. The van der Waals surface area contributed by atoms with Crippen LogP contribution in [0.3, 0.4) is 0 Å². The number of carbonyl (C=O) groups excluding carboxylic acids is 2. The predicted molar refractivity (Wildman–Crippen MR) is 144 cm³/mol. The van der Waals surface area contributed by atoms with E-state index >= 15 is 0 Å². The molecule has 2 bridgehead atoms. The van der Waals surface area contributed by atoms with E-state index in [4.69, 9.17) is 18.9 Å². The first-order valence-corrected chi connectivity index (χ1v) is 13.9. The van der Waals surface area contributed by atoms with Crippen molar-refractivity contribution in [2.45, 2.75) is 89.7 Å². The average Bonchev–Trinajstić information content (AvgIpc) is 3.45. The number of nitrogens with zero attached hydrogens (tertiary/aromatic N) is 1.